The molecule has 0 bridgehead atoms. The van der Waals surface area contributed by atoms with Crippen LogP contribution in [0, 0.1) is 0 Å². The predicted octanol–water partition coefficient (Wildman–Crippen LogP) is 0.759. The SMILES string of the molecule is CC(C)(C)OC(=O)N(CCNCc1cn(CCO)nn1)C1CC1. The molecule has 0 aromatic carbocycles. The quantitative estimate of drug-likeness (QED) is 0.686. The van der Waals surface area contributed by atoms with Crippen molar-refractivity contribution < 1.29 is 14.6 Å². The zero-order valence-corrected chi connectivity index (χ0v) is 14.2. The van der Waals surface area contributed by atoms with E-state index in [1.54, 1.807) is 15.8 Å². The molecule has 1 fully saturated rings. The van der Waals surface area contributed by atoms with Crippen molar-refractivity contribution in [3.8, 4) is 0 Å². The van der Waals surface area contributed by atoms with Gasteiger partial charge in [-0.2, -0.15) is 0 Å². The average molecular weight is 325 g/mol. The second-order valence-corrected chi connectivity index (χ2v) is 6.78. The molecule has 1 aliphatic carbocycles. The Balaban J connectivity index is 1.73. The second-order valence-electron chi connectivity index (χ2n) is 6.78. The lowest BCUT2D eigenvalue weighted by Gasteiger charge is -2.27. The molecule has 0 spiro atoms. The molecule has 0 unspecified atom stereocenters. The van der Waals surface area contributed by atoms with Crippen molar-refractivity contribution in [2.45, 2.75) is 58.3 Å². The van der Waals surface area contributed by atoms with Gasteiger partial charge in [-0.1, -0.05) is 5.21 Å². The lowest BCUT2D eigenvalue weighted by molar-refractivity contribution is 0.0236. The number of carbonyl (C=O) groups is 1. The zero-order chi connectivity index (χ0) is 16.9. The van der Waals surface area contributed by atoms with Crippen LogP contribution >= 0.6 is 0 Å². The number of carbonyl (C=O) groups excluding carboxylic acids is 1. The number of aliphatic hydroxyl groups is 1. The van der Waals surface area contributed by atoms with Crippen LogP contribution in [0.3, 0.4) is 0 Å². The zero-order valence-electron chi connectivity index (χ0n) is 14.2. The summed E-state index contributed by atoms with van der Waals surface area (Å²) >= 11 is 0. The molecule has 23 heavy (non-hydrogen) atoms. The fourth-order valence-electron chi connectivity index (χ4n) is 2.18. The molecule has 1 amide bonds. The number of nitrogens with one attached hydrogen (secondary N) is 1. The van der Waals surface area contributed by atoms with Crippen LogP contribution in [0.25, 0.3) is 0 Å². The minimum absolute atomic E-state index is 0.0441. The smallest absolute Gasteiger partial charge is 0.410 e. The van der Waals surface area contributed by atoms with E-state index in [-0.39, 0.29) is 12.7 Å². The van der Waals surface area contributed by atoms with Crippen LogP contribution in [-0.2, 0) is 17.8 Å². The third kappa shape index (κ3) is 6.15. The monoisotopic (exact) mass is 325 g/mol. The number of hydrogen-bond acceptors (Lipinski definition) is 6. The predicted molar refractivity (Wildman–Crippen MR) is 84.8 cm³/mol. The van der Waals surface area contributed by atoms with Gasteiger partial charge in [0.15, 0.2) is 0 Å². The normalized spacial score (nSPS) is 14.8. The Morgan fingerprint density at radius 2 is 2.26 bits per heavy atom. The maximum absolute atomic E-state index is 12.2. The number of ether oxygens (including phenoxy) is 1. The van der Waals surface area contributed by atoms with Crippen LogP contribution in [0.15, 0.2) is 6.20 Å². The van der Waals surface area contributed by atoms with Gasteiger partial charge >= 0.3 is 6.09 Å². The minimum atomic E-state index is -0.469. The summed E-state index contributed by atoms with van der Waals surface area (Å²) in [5.74, 6) is 0. The van der Waals surface area contributed by atoms with Gasteiger partial charge in [0.05, 0.1) is 18.8 Å². The van der Waals surface area contributed by atoms with Crippen molar-refractivity contribution in [1.82, 2.24) is 25.2 Å². The number of amides is 1. The molecule has 0 saturated heterocycles. The van der Waals surface area contributed by atoms with E-state index in [2.05, 4.69) is 15.6 Å². The van der Waals surface area contributed by atoms with Crippen molar-refractivity contribution in [2.24, 2.45) is 0 Å². The Hall–Kier alpha value is -1.67. The summed E-state index contributed by atoms with van der Waals surface area (Å²) in [6.07, 6.45) is 3.66. The van der Waals surface area contributed by atoms with E-state index in [1.165, 1.54) is 0 Å². The van der Waals surface area contributed by atoms with E-state index < -0.39 is 5.60 Å². The molecule has 1 aromatic heterocycles. The molecule has 1 heterocycles. The molecule has 1 saturated carbocycles. The first-order valence-electron chi connectivity index (χ1n) is 8.09. The van der Waals surface area contributed by atoms with Gasteiger partial charge in [-0.05, 0) is 33.6 Å². The first kappa shape index (κ1) is 17.7. The summed E-state index contributed by atoms with van der Waals surface area (Å²) in [5.41, 5.74) is 0.344. The molecular weight excluding hydrogens is 298 g/mol. The summed E-state index contributed by atoms with van der Waals surface area (Å²) in [4.78, 5) is 14.0. The van der Waals surface area contributed by atoms with Gasteiger partial charge in [0, 0.05) is 31.9 Å². The third-order valence-corrected chi connectivity index (χ3v) is 3.37. The number of nitrogens with zero attached hydrogens (tertiary/aromatic N) is 4. The standard InChI is InChI=1S/C15H27N5O3/c1-15(2,3)23-14(22)20(13-4-5-13)7-6-16-10-12-11-19(8-9-21)18-17-12/h11,13,16,21H,4-10H2,1-3H3. The number of aliphatic hydroxyl groups excluding tert-OH is 1. The van der Waals surface area contributed by atoms with Crippen LogP contribution < -0.4 is 5.32 Å². The largest absolute Gasteiger partial charge is 0.444 e. The van der Waals surface area contributed by atoms with E-state index in [0.717, 1.165) is 18.5 Å². The van der Waals surface area contributed by atoms with E-state index in [0.29, 0.717) is 32.2 Å². The fourth-order valence-corrected chi connectivity index (χ4v) is 2.18. The Bertz CT molecular complexity index is 507. The minimum Gasteiger partial charge on any atom is -0.444 e. The van der Waals surface area contributed by atoms with Gasteiger partial charge in [0.1, 0.15) is 5.60 Å². The summed E-state index contributed by atoms with van der Waals surface area (Å²) in [7, 11) is 0. The summed E-state index contributed by atoms with van der Waals surface area (Å²) in [6, 6.07) is 0.317. The van der Waals surface area contributed by atoms with Crippen molar-refractivity contribution >= 4 is 6.09 Å². The van der Waals surface area contributed by atoms with Gasteiger partial charge in [0.25, 0.3) is 0 Å². The van der Waals surface area contributed by atoms with E-state index in [4.69, 9.17) is 9.84 Å². The Morgan fingerprint density at radius 3 is 2.87 bits per heavy atom. The van der Waals surface area contributed by atoms with Crippen LogP contribution in [0.5, 0.6) is 0 Å². The van der Waals surface area contributed by atoms with Crippen molar-refractivity contribution in [1.29, 1.82) is 0 Å². The molecule has 0 aliphatic heterocycles. The maximum Gasteiger partial charge on any atom is 0.410 e. The summed E-state index contributed by atoms with van der Waals surface area (Å²) in [5, 5.41) is 20.0. The molecule has 0 radical (unpaired) electrons. The summed E-state index contributed by atoms with van der Waals surface area (Å²) < 4.78 is 7.06. The second kappa shape index (κ2) is 7.74. The molecule has 2 N–H and O–H groups in total. The lowest BCUT2D eigenvalue weighted by atomic mass is 10.2. The number of hydrogen-bond donors (Lipinski definition) is 2. The van der Waals surface area contributed by atoms with Crippen molar-refractivity contribution in [3.63, 3.8) is 0 Å². The van der Waals surface area contributed by atoms with Crippen LogP contribution in [0.4, 0.5) is 4.79 Å². The Labute approximate surface area is 136 Å². The highest BCUT2D eigenvalue weighted by molar-refractivity contribution is 5.69. The fraction of sp³-hybridized carbons (Fsp3) is 0.800. The Kier molecular flexibility index (Phi) is 5.95. The molecule has 1 aromatic rings. The van der Waals surface area contributed by atoms with E-state index >= 15 is 0 Å². The Morgan fingerprint density at radius 1 is 1.52 bits per heavy atom. The topological polar surface area (TPSA) is 92.5 Å². The average Bonchev–Trinajstić information content (AvgIpc) is 3.18. The third-order valence-electron chi connectivity index (χ3n) is 3.37. The number of aromatic nitrogens is 3. The van der Waals surface area contributed by atoms with Crippen LogP contribution in [-0.4, -0.2) is 62.4 Å². The maximum atomic E-state index is 12.2. The van der Waals surface area contributed by atoms with Crippen molar-refractivity contribution in [3.05, 3.63) is 11.9 Å². The lowest BCUT2D eigenvalue weighted by Crippen LogP contribution is -2.41. The summed E-state index contributed by atoms with van der Waals surface area (Å²) in [6.45, 7) is 7.99. The van der Waals surface area contributed by atoms with Crippen LogP contribution in [0.2, 0.25) is 0 Å². The van der Waals surface area contributed by atoms with Crippen molar-refractivity contribution in [2.75, 3.05) is 19.7 Å². The number of rotatable bonds is 8. The molecule has 8 heteroatoms. The molecule has 1 aliphatic rings. The molecule has 2 rings (SSSR count). The highest BCUT2D eigenvalue weighted by Crippen LogP contribution is 2.27. The van der Waals surface area contributed by atoms with Crippen LogP contribution in [0.1, 0.15) is 39.3 Å². The van der Waals surface area contributed by atoms with Gasteiger partial charge in [0.2, 0.25) is 0 Å². The van der Waals surface area contributed by atoms with Gasteiger partial charge in [-0.15, -0.1) is 5.10 Å². The molecule has 8 nitrogen and oxygen atoms in total. The van der Waals surface area contributed by atoms with Gasteiger partial charge in [-0.25, -0.2) is 9.48 Å². The first-order valence-corrected chi connectivity index (χ1v) is 8.09. The molecule has 130 valence electrons. The highest BCUT2D eigenvalue weighted by atomic mass is 16.6. The van der Waals surface area contributed by atoms with Gasteiger partial charge in [-0.3, -0.25) is 0 Å². The van der Waals surface area contributed by atoms with E-state index in [1.807, 2.05) is 20.8 Å². The van der Waals surface area contributed by atoms with E-state index in [9.17, 15) is 4.79 Å². The molecule has 0 atom stereocenters. The van der Waals surface area contributed by atoms with Gasteiger partial charge < -0.3 is 20.1 Å². The highest BCUT2D eigenvalue weighted by Gasteiger charge is 2.34. The molecular formula is C15H27N5O3. The first-order chi connectivity index (χ1) is 10.9.